The maximum absolute atomic E-state index is 11.3. The molecule has 2 atom stereocenters. The van der Waals surface area contributed by atoms with Crippen molar-refractivity contribution < 1.29 is 9.53 Å². The molecule has 1 fully saturated rings. The fourth-order valence-corrected chi connectivity index (χ4v) is 2.15. The second-order valence-corrected chi connectivity index (χ2v) is 3.85. The third-order valence-corrected chi connectivity index (χ3v) is 2.89. The van der Waals surface area contributed by atoms with Crippen LogP contribution in [-0.4, -0.2) is 43.1 Å². The zero-order valence-corrected chi connectivity index (χ0v) is 8.27. The van der Waals surface area contributed by atoms with Crippen LogP contribution in [0.25, 0.3) is 0 Å². The summed E-state index contributed by atoms with van der Waals surface area (Å²) in [5, 5.41) is 0. The van der Waals surface area contributed by atoms with Crippen molar-refractivity contribution in [3.05, 3.63) is 0 Å². The van der Waals surface area contributed by atoms with E-state index < -0.39 is 0 Å². The quantitative estimate of drug-likeness (QED) is 0.653. The second kappa shape index (κ2) is 3.57. The van der Waals surface area contributed by atoms with E-state index in [9.17, 15) is 4.79 Å². The zero-order valence-electron chi connectivity index (χ0n) is 8.27. The molecule has 0 spiro atoms. The number of rotatable bonds is 1. The maximum Gasteiger partial charge on any atom is 0.345 e. The highest BCUT2D eigenvalue weighted by Crippen LogP contribution is 2.24. The molecule has 0 bridgehead atoms. The normalized spacial score (nSPS) is 33.4. The van der Waals surface area contributed by atoms with Gasteiger partial charge in [-0.1, -0.05) is 0 Å². The van der Waals surface area contributed by atoms with Crippen LogP contribution in [0.15, 0.2) is 4.99 Å². The van der Waals surface area contributed by atoms with E-state index in [1.54, 1.807) is 11.9 Å². The van der Waals surface area contributed by atoms with Gasteiger partial charge in [0.2, 0.25) is 0 Å². The average Bonchev–Trinajstić information content (AvgIpc) is 2.43. The third kappa shape index (κ3) is 1.48. The summed E-state index contributed by atoms with van der Waals surface area (Å²) in [7, 11) is 1.74. The molecule has 0 aliphatic carbocycles. The van der Waals surface area contributed by atoms with Crippen molar-refractivity contribution >= 4 is 11.9 Å². The molecule has 2 heterocycles. The maximum atomic E-state index is 11.3. The standard InChI is InChI=1S/C9H15N3O2/c1-12-7(8(10)11-9(12)13)6-3-2-4-14-5-6/h6-7H,2-5H2,1H3,(H2,10,11,13). The van der Waals surface area contributed by atoms with Gasteiger partial charge in [-0.15, -0.1) is 0 Å². The molecule has 2 rings (SSSR count). The Kier molecular flexibility index (Phi) is 2.41. The van der Waals surface area contributed by atoms with Crippen LogP contribution >= 0.6 is 0 Å². The van der Waals surface area contributed by atoms with Crippen LogP contribution in [0.5, 0.6) is 0 Å². The molecule has 0 aromatic rings. The van der Waals surface area contributed by atoms with Gasteiger partial charge in [-0.2, -0.15) is 4.99 Å². The molecule has 1 saturated heterocycles. The fourth-order valence-electron chi connectivity index (χ4n) is 2.15. The number of carbonyl (C=O) groups is 1. The molecular weight excluding hydrogens is 182 g/mol. The van der Waals surface area contributed by atoms with E-state index >= 15 is 0 Å². The molecule has 5 nitrogen and oxygen atoms in total. The van der Waals surface area contributed by atoms with Crippen LogP contribution in [0, 0.1) is 5.92 Å². The molecule has 0 aromatic heterocycles. The number of amidine groups is 1. The topological polar surface area (TPSA) is 67.9 Å². The minimum Gasteiger partial charge on any atom is -0.385 e. The molecular formula is C9H15N3O2. The number of carbonyl (C=O) groups excluding carboxylic acids is 1. The first kappa shape index (κ1) is 9.45. The van der Waals surface area contributed by atoms with Crippen LogP contribution in [-0.2, 0) is 4.74 Å². The SMILES string of the molecule is CN1C(=O)N=C(N)C1C1CCCOC1. The van der Waals surface area contributed by atoms with E-state index in [2.05, 4.69) is 4.99 Å². The molecule has 2 unspecified atom stereocenters. The first-order valence-electron chi connectivity index (χ1n) is 4.88. The zero-order chi connectivity index (χ0) is 10.1. The van der Waals surface area contributed by atoms with Gasteiger partial charge in [0.25, 0.3) is 0 Å². The van der Waals surface area contributed by atoms with Crippen LogP contribution in [0.2, 0.25) is 0 Å². The summed E-state index contributed by atoms with van der Waals surface area (Å²) < 4.78 is 5.38. The number of amides is 2. The Balaban J connectivity index is 2.09. The van der Waals surface area contributed by atoms with Crippen LogP contribution < -0.4 is 5.73 Å². The van der Waals surface area contributed by atoms with E-state index in [-0.39, 0.29) is 12.1 Å². The van der Waals surface area contributed by atoms with E-state index in [4.69, 9.17) is 10.5 Å². The largest absolute Gasteiger partial charge is 0.385 e. The van der Waals surface area contributed by atoms with E-state index in [1.807, 2.05) is 0 Å². The Morgan fingerprint density at radius 2 is 2.43 bits per heavy atom. The lowest BCUT2D eigenvalue weighted by Crippen LogP contribution is -2.46. The minimum atomic E-state index is -0.238. The van der Waals surface area contributed by atoms with Gasteiger partial charge in [-0.25, -0.2) is 4.79 Å². The lowest BCUT2D eigenvalue weighted by Gasteiger charge is -2.31. The lowest BCUT2D eigenvalue weighted by atomic mass is 9.93. The highest BCUT2D eigenvalue weighted by Gasteiger charge is 2.37. The number of likely N-dealkylation sites (N-methyl/N-ethyl adjacent to an activating group) is 1. The summed E-state index contributed by atoms with van der Waals surface area (Å²) >= 11 is 0. The smallest absolute Gasteiger partial charge is 0.345 e. The predicted octanol–water partition coefficient (Wildman–Crippen LogP) is 0.204. The Bertz CT molecular complexity index is 271. The lowest BCUT2D eigenvalue weighted by molar-refractivity contribution is 0.0380. The van der Waals surface area contributed by atoms with Crippen molar-refractivity contribution in [2.24, 2.45) is 16.6 Å². The van der Waals surface area contributed by atoms with Gasteiger partial charge in [-0.3, -0.25) is 0 Å². The number of aliphatic imine (C=N–C) groups is 1. The van der Waals surface area contributed by atoms with Gasteiger partial charge in [0, 0.05) is 19.6 Å². The van der Waals surface area contributed by atoms with E-state index in [0.717, 1.165) is 19.4 Å². The van der Waals surface area contributed by atoms with Crippen molar-refractivity contribution in [2.75, 3.05) is 20.3 Å². The molecule has 0 aromatic carbocycles. The molecule has 2 aliphatic heterocycles. The number of nitrogens with two attached hydrogens (primary N) is 1. The molecule has 78 valence electrons. The summed E-state index contributed by atoms with van der Waals surface area (Å²) in [5.41, 5.74) is 5.72. The summed E-state index contributed by atoms with van der Waals surface area (Å²) in [6.07, 6.45) is 2.09. The summed E-state index contributed by atoms with van der Waals surface area (Å²) in [6, 6.07) is -0.291. The highest BCUT2D eigenvalue weighted by molar-refractivity contribution is 6.02. The Morgan fingerprint density at radius 1 is 1.64 bits per heavy atom. The van der Waals surface area contributed by atoms with Gasteiger partial charge < -0.3 is 15.4 Å². The molecule has 0 saturated carbocycles. The average molecular weight is 197 g/mol. The Labute approximate surface area is 82.9 Å². The second-order valence-electron chi connectivity index (χ2n) is 3.85. The Hall–Kier alpha value is -1.10. The van der Waals surface area contributed by atoms with Gasteiger partial charge in [0.05, 0.1) is 12.6 Å². The van der Waals surface area contributed by atoms with E-state index in [1.165, 1.54) is 0 Å². The van der Waals surface area contributed by atoms with Gasteiger partial charge in [-0.05, 0) is 12.8 Å². The molecule has 5 heteroatoms. The predicted molar refractivity (Wildman–Crippen MR) is 52.1 cm³/mol. The monoisotopic (exact) mass is 197 g/mol. The molecule has 2 aliphatic rings. The third-order valence-electron chi connectivity index (χ3n) is 2.89. The number of nitrogens with zero attached hydrogens (tertiary/aromatic N) is 2. The van der Waals surface area contributed by atoms with Crippen molar-refractivity contribution in [1.29, 1.82) is 0 Å². The minimum absolute atomic E-state index is 0.0530. The molecule has 14 heavy (non-hydrogen) atoms. The summed E-state index contributed by atoms with van der Waals surface area (Å²) in [4.78, 5) is 16.6. The number of ether oxygens (including phenoxy) is 1. The van der Waals surface area contributed by atoms with Crippen molar-refractivity contribution in [1.82, 2.24) is 4.90 Å². The molecule has 2 N–H and O–H groups in total. The fraction of sp³-hybridized carbons (Fsp3) is 0.778. The molecule has 0 radical (unpaired) electrons. The van der Waals surface area contributed by atoms with Gasteiger partial charge in [0.1, 0.15) is 5.84 Å². The van der Waals surface area contributed by atoms with Gasteiger partial charge in [0.15, 0.2) is 0 Å². The van der Waals surface area contributed by atoms with Crippen LogP contribution in [0.4, 0.5) is 4.79 Å². The van der Waals surface area contributed by atoms with Crippen LogP contribution in [0.3, 0.4) is 0 Å². The molecule has 2 amide bonds. The van der Waals surface area contributed by atoms with Crippen molar-refractivity contribution in [2.45, 2.75) is 18.9 Å². The first-order chi connectivity index (χ1) is 6.70. The number of hydrogen-bond acceptors (Lipinski definition) is 3. The van der Waals surface area contributed by atoms with Crippen molar-refractivity contribution in [3.63, 3.8) is 0 Å². The van der Waals surface area contributed by atoms with Gasteiger partial charge >= 0.3 is 6.03 Å². The highest BCUT2D eigenvalue weighted by atomic mass is 16.5. The Morgan fingerprint density at radius 3 is 2.93 bits per heavy atom. The first-order valence-corrected chi connectivity index (χ1v) is 4.88. The van der Waals surface area contributed by atoms with Crippen LogP contribution in [0.1, 0.15) is 12.8 Å². The summed E-state index contributed by atoms with van der Waals surface area (Å²) in [6.45, 7) is 1.50. The van der Waals surface area contributed by atoms with Crippen molar-refractivity contribution in [3.8, 4) is 0 Å². The summed E-state index contributed by atoms with van der Waals surface area (Å²) in [5.74, 6) is 0.747. The van der Waals surface area contributed by atoms with E-state index in [0.29, 0.717) is 18.4 Å². The number of urea groups is 1. The number of hydrogen-bond donors (Lipinski definition) is 1.